The topological polar surface area (TPSA) is 150 Å². The predicted octanol–water partition coefficient (Wildman–Crippen LogP) is 2.62. The van der Waals surface area contributed by atoms with Gasteiger partial charge in [0.1, 0.15) is 11.5 Å². The molecule has 0 atom stereocenters. The first-order valence-electron chi connectivity index (χ1n) is 9.19. The minimum Gasteiger partial charge on any atom is -0.465 e. The number of nitrogens with two attached hydrogens (primary N) is 1. The van der Waals surface area contributed by atoms with Crippen LogP contribution in [0.5, 0.6) is 0 Å². The van der Waals surface area contributed by atoms with Crippen LogP contribution in [0.1, 0.15) is 28.7 Å². The zero-order valence-electron chi connectivity index (χ0n) is 16.7. The highest BCUT2D eigenvalue weighted by molar-refractivity contribution is 5.99. The third-order valence-electron chi connectivity index (χ3n) is 4.25. The average molecular weight is 418 g/mol. The molecule has 0 bridgehead atoms. The van der Waals surface area contributed by atoms with E-state index in [2.05, 4.69) is 35.8 Å². The smallest absolute Gasteiger partial charge is 0.294 e. The molecule has 0 saturated carbocycles. The molecule has 4 aromatic rings. The van der Waals surface area contributed by atoms with E-state index in [1.54, 1.807) is 18.4 Å². The normalized spacial score (nSPS) is 11.9. The van der Waals surface area contributed by atoms with Gasteiger partial charge in [-0.25, -0.2) is 10.1 Å². The zero-order chi connectivity index (χ0) is 21.8. The van der Waals surface area contributed by atoms with Crippen molar-refractivity contribution in [3.63, 3.8) is 0 Å². The second-order valence-corrected chi connectivity index (χ2v) is 6.64. The van der Waals surface area contributed by atoms with E-state index < -0.39 is 5.91 Å². The van der Waals surface area contributed by atoms with Gasteiger partial charge >= 0.3 is 0 Å². The van der Waals surface area contributed by atoms with Crippen molar-refractivity contribution in [3.8, 4) is 17.1 Å². The molecule has 3 heterocycles. The van der Waals surface area contributed by atoms with E-state index >= 15 is 0 Å². The van der Waals surface area contributed by atoms with Crippen molar-refractivity contribution in [1.82, 2.24) is 30.7 Å². The van der Waals surface area contributed by atoms with Crippen LogP contribution in [-0.2, 0) is 0 Å². The Hall–Kier alpha value is -4.54. The van der Waals surface area contributed by atoms with E-state index in [0.717, 1.165) is 11.1 Å². The lowest BCUT2D eigenvalue weighted by atomic mass is 10.1. The second kappa shape index (κ2) is 8.45. The molecule has 156 valence electrons. The molecule has 1 aromatic carbocycles. The van der Waals surface area contributed by atoms with Crippen LogP contribution in [0.15, 0.2) is 62.4 Å². The van der Waals surface area contributed by atoms with Crippen molar-refractivity contribution in [2.24, 2.45) is 5.10 Å². The minimum atomic E-state index is -0.557. The largest absolute Gasteiger partial charge is 0.465 e. The number of nitrogens with one attached hydrogen (secondary N) is 1. The summed E-state index contributed by atoms with van der Waals surface area (Å²) in [4.78, 5) is 12.8. The maximum Gasteiger partial charge on any atom is 0.294 e. The summed E-state index contributed by atoms with van der Waals surface area (Å²) < 4.78 is 11.2. The van der Waals surface area contributed by atoms with E-state index in [1.165, 1.54) is 10.9 Å². The van der Waals surface area contributed by atoms with Gasteiger partial charge in [0, 0.05) is 5.56 Å². The maximum atomic E-state index is 12.8. The number of hydrazone groups is 1. The highest BCUT2D eigenvalue weighted by Gasteiger charge is 2.25. The van der Waals surface area contributed by atoms with Crippen molar-refractivity contribution < 1.29 is 13.8 Å². The average Bonchev–Trinajstić information content (AvgIpc) is 3.49. The number of hydrogen-bond donors (Lipinski definition) is 2. The molecule has 4 rings (SSSR count). The van der Waals surface area contributed by atoms with E-state index in [0.29, 0.717) is 17.0 Å². The Balaban J connectivity index is 1.64. The van der Waals surface area contributed by atoms with Gasteiger partial charge in [-0.3, -0.25) is 4.79 Å². The highest BCUT2D eigenvalue weighted by atomic mass is 16.6. The number of anilines is 1. The summed E-state index contributed by atoms with van der Waals surface area (Å²) in [5.41, 5.74) is 11.2. The molecular weight excluding hydrogens is 400 g/mol. The number of amides is 1. The van der Waals surface area contributed by atoms with E-state index in [-0.39, 0.29) is 17.3 Å². The molecule has 0 aliphatic rings. The van der Waals surface area contributed by atoms with Crippen LogP contribution in [0.4, 0.5) is 5.82 Å². The van der Waals surface area contributed by atoms with Crippen LogP contribution in [-0.4, -0.2) is 37.4 Å². The fourth-order valence-electron chi connectivity index (χ4n) is 2.77. The van der Waals surface area contributed by atoms with Gasteiger partial charge in [-0.05, 0) is 47.9 Å². The van der Waals surface area contributed by atoms with Crippen molar-refractivity contribution in [3.05, 3.63) is 65.3 Å². The molecule has 3 aromatic heterocycles. The lowest BCUT2D eigenvalue weighted by molar-refractivity contribution is 0.0950. The first kappa shape index (κ1) is 19.8. The maximum absolute atomic E-state index is 12.8. The molecule has 0 fully saturated rings. The van der Waals surface area contributed by atoms with Gasteiger partial charge in [0.2, 0.25) is 11.6 Å². The molecule has 0 radical (unpaired) electrons. The Morgan fingerprint density at radius 1 is 1.23 bits per heavy atom. The number of nitrogen functional groups attached to an aromatic ring is 1. The van der Waals surface area contributed by atoms with E-state index in [1.807, 2.05) is 44.2 Å². The summed E-state index contributed by atoms with van der Waals surface area (Å²) in [6.07, 6.45) is 4.85. The fourth-order valence-corrected chi connectivity index (χ4v) is 2.77. The van der Waals surface area contributed by atoms with Crippen LogP contribution in [0, 0.1) is 6.92 Å². The summed E-state index contributed by atoms with van der Waals surface area (Å²) in [7, 11) is 0. The quantitative estimate of drug-likeness (QED) is 0.358. The SMILES string of the molecule is CC(/C=N/NC(=O)c1nnn(-c2nonc2N)c1-c1ccc(C)cc1)=C\c1ccco1. The van der Waals surface area contributed by atoms with Crippen LogP contribution in [0.25, 0.3) is 23.2 Å². The van der Waals surface area contributed by atoms with Crippen molar-refractivity contribution in [2.45, 2.75) is 13.8 Å². The van der Waals surface area contributed by atoms with Gasteiger partial charge in [-0.1, -0.05) is 35.0 Å². The third-order valence-corrected chi connectivity index (χ3v) is 4.25. The number of benzene rings is 1. The zero-order valence-corrected chi connectivity index (χ0v) is 16.7. The molecule has 0 aliphatic carbocycles. The Bertz CT molecular complexity index is 1250. The summed E-state index contributed by atoms with van der Waals surface area (Å²) >= 11 is 0. The molecule has 11 nitrogen and oxygen atoms in total. The Morgan fingerprint density at radius 3 is 2.71 bits per heavy atom. The van der Waals surface area contributed by atoms with E-state index in [9.17, 15) is 4.79 Å². The number of carbonyl (C=O) groups excluding carboxylic acids is 1. The van der Waals surface area contributed by atoms with Crippen LogP contribution in [0.2, 0.25) is 0 Å². The number of allylic oxidation sites excluding steroid dienone is 1. The van der Waals surface area contributed by atoms with E-state index in [4.69, 9.17) is 10.2 Å². The van der Waals surface area contributed by atoms with Crippen molar-refractivity contribution in [2.75, 3.05) is 5.73 Å². The molecule has 0 saturated heterocycles. The molecule has 31 heavy (non-hydrogen) atoms. The van der Waals surface area contributed by atoms with Gasteiger partial charge in [0.15, 0.2) is 5.69 Å². The Morgan fingerprint density at radius 2 is 2.03 bits per heavy atom. The lowest BCUT2D eigenvalue weighted by Crippen LogP contribution is -2.19. The minimum absolute atomic E-state index is 0.0157. The van der Waals surface area contributed by atoms with Gasteiger partial charge in [-0.2, -0.15) is 9.78 Å². The van der Waals surface area contributed by atoms with Gasteiger partial charge in [-0.15, -0.1) is 5.10 Å². The Labute approximate surface area is 176 Å². The van der Waals surface area contributed by atoms with Crippen LogP contribution < -0.4 is 11.2 Å². The second-order valence-electron chi connectivity index (χ2n) is 6.64. The Kier molecular flexibility index (Phi) is 5.39. The van der Waals surface area contributed by atoms with Gasteiger partial charge < -0.3 is 10.2 Å². The van der Waals surface area contributed by atoms with Crippen molar-refractivity contribution in [1.29, 1.82) is 0 Å². The molecular formula is C20H18N8O3. The number of furan rings is 1. The number of aromatic nitrogens is 5. The summed E-state index contributed by atoms with van der Waals surface area (Å²) in [6.45, 7) is 3.78. The molecule has 0 aliphatic heterocycles. The lowest BCUT2D eigenvalue weighted by Gasteiger charge is -2.06. The van der Waals surface area contributed by atoms with Gasteiger partial charge in [0.05, 0.1) is 12.5 Å². The summed E-state index contributed by atoms with van der Waals surface area (Å²) in [6, 6.07) is 11.1. The van der Waals surface area contributed by atoms with Gasteiger partial charge in [0.25, 0.3) is 5.91 Å². The molecule has 1 amide bonds. The first-order chi connectivity index (χ1) is 15.0. The van der Waals surface area contributed by atoms with Crippen LogP contribution in [0.3, 0.4) is 0 Å². The first-order valence-corrected chi connectivity index (χ1v) is 9.19. The van der Waals surface area contributed by atoms with Crippen LogP contribution >= 0.6 is 0 Å². The number of carbonyl (C=O) groups is 1. The van der Waals surface area contributed by atoms with Crippen molar-refractivity contribution >= 4 is 24.0 Å². The monoisotopic (exact) mass is 418 g/mol. The molecule has 3 N–H and O–H groups in total. The molecule has 0 unspecified atom stereocenters. The fraction of sp³-hybridized carbons (Fsp3) is 0.100. The number of hydrogen-bond acceptors (Lipinski definition) is 9. The summed E-state index contributed by atoms with van der Waals surface area (Å²) in [5.74, 6) is 0.266. The third kappa shape index (κ3) is 4.24. The number of nitrogens with zero attached hydrogens (tertiary/aromatic N) is 6. The predicted molar refractivity (Wildman–Crippen MR) is 112 cm³/mol. The number of aryl methyl sites for hydroxylation is 1. The standard InChI is InChI=1S/C20H18N8O3/c1-12-5-7-14(8-6-12)17-16(23-27-28(17)19-18(21)25-31-26-19)20(29)24-22-11-13(2)10-15-4-3-9-30-15/h3-11H,1-2H3,(H2,21,25)(H,24,29)/b13-10+,22-11+. The summed E-state index contributed by atoms with van der Waals surface area (Å²) in [5, 5.41) is 19.3. The molecule has 11 heteroatoms. The highest BCUT2D eigenvalue weighted by Crippen LogP contribution is 2.26. The number of rotatable bonds is 6. The molecule has 0 spiro atoms.